The Morgan fingerprint density at radius 3 is 2.62 bits per heavy atom. The van der Waals surface area contributed by atoms with Gasteiger partial charge in [-0.1, -0.05) is 0 Å². The number of nitrogens with one attached hydrogen (secondary N) is 1. The molecule has 2 aromatic heterocycles. The van der Waals surface area contributed by atoms with Crippen LogP contribution in [0, 0.1) is 6.92 Å². The number of aliphatic hydroxyl groups excluding tert-OH is 4. The molecule has 0 radical (unpaired) electrons. The van der Waals surface area contributed by atoms with E-state index in [9.17, 15) is 20.1 Å². The average Bonchev–Trinajstić information content (AvgIpc) is 3.22. The predicted molar refractivity (Wildman–Crippen MR) is 102 cm³/mol. The molecule has 5 atom stereocenters. The van der Waals surface area contributed by atoms with Crippen LogP contribution in [0.15, 0.2) is 50.2 Å². The molecule has 0 bridgehead atoms. The van der Waals surface area contributed by atoms with E-state index >= 15 is 0 Å². The number of hydrogen-bond donors (Lipinski definition) is 5. The van der Waals surface area contributed by atoms with Crippen LogP contribution in [0.25, 0.3) is 22.3 Å². The van der Waals surface area contributed by atoms with E-state index in [1.807, 2.05) is 0 Å². The van der Waals surface area contributed by atoms with Crippen molar-refractivity contribution in [2.75, 3.05) is 11.9 Å². The molecule has 154 valence electrons. The van der Waals surface area contributed by atoms with E-state index in [0.717, 1.165) is 0 Å². The predicted octanol–water partition coefficient (Wildman–Crippen LogP) is 0.573. The zero-order valence-electron chi connectivity index (χ0n) is 15.5. The van der Waals surface area contributed by atoms with Crippen LogP contribution in [0.4, 0.5) is 5.69 Å². The molecule has 5 N–H and O–H groups in total. The van der Waals surface area contributed by atoms with Crippen LogP contribution < -0.4 is 10.9 Å². The maximum absolute atomic E-state index is 12.5. The molecule has 0 amide bonds. The SMILES string of the molecule is Cc1c(-c2ccco2)c(=O)oc2cc(NC3[C@H](O)OC(CO)[C@@H](O)[C@@H]3O)ccc12. The Morgan fingerprint density at radius 2 is 1.93 bits per heavy atom. The van der Waals surface area contributed by atoms with Crippen LogP contribution in [-0.2, 0) is 4.74 Å². The minimum Gasteiger partial charge on any atom is -0.464 e. The highest BCUT2D eigenvalue weighted by Gasteiger charge is 2.43. The van der Waals surface area contributed by atoms with Gasteiger partial charge in [0.1, 0.15) is 41.3 Å². The average molecular weight is 403 g/mol. The Morgan fingerprint density at radius 1 is 1.14 bits per heavy atom. The number of aliphatic hydroxyl groups is 4. The van der Waals surface area contributed by atoms with E-state index in [0.29, 0.717) is 33.5 Å². The summed E-state index contributed by atoms with van der Waals surface area (Å²) in [6.07, 6.45) is -3.84. The molecule has 9 heteroatoms. The molecule has 0 aliphatic carbocycles. The Balaban J connectivity index is 1.66. The van der Waals surface area contributed by atoms with Crippen molar-refractivity contribution in [1.82, 2.24) is 0 Å². The number of benzene rings is 1. The van der Waals surface area contributed by atoms with Crippen molar-refractivity contribution < 1.29 is 34.0 Å². The van der Waals surface area contributed by atoms with Crippen molar-refractivity contribution in [2.45, 2.75) is 37.6 Å². The molecule has 1 aliphatic heterocycles. The molecule has 0 spiro atoms. The number of anilines is 1. The molecular formula is C20H21NO8. The van der Waals surface area contributed by atoms with Gasteiger partial charge in [0.05, 0.1) is 12.9 Å². The first kappa shape index (κ1) is 19.6. The van der Waals surface area contributed by atoms with Gasteiger partial charge in [0.15, 0.2) is 6.29 Å². The van der Waals surface area contributed by atoms with E-state index in [2.05, 4.69) is 5.32 Å². The van der Waals surface area contributed by atoms with Crippen molar-refractivity contribution in [1.29, 1.82) is 0 Å². The number of aryl methyl sites for hydroxylation is 1. The lowest BCUT2D eigenvalue weighted by Gasteiger charge is -2.40. The molecule has 9 nitrogen and oxygen atoms in total. The molecule has 3 aromatic rings. The molecule has 29 heavy (non-hydrogen) atoms. The number of rotatable bonds is 4. The van der Waals surface area contributed by atoms with Gasteiger partial charge in [-0.3, -0.25) is 0 Å². The van der Waals surface area contributed by atoms with Gasteiger partial charge >= 0.3 is 5.63 Å². The molecule has 1 aromatic carbocycles. The third-order valence-corrected chi connectivity index (χ3v) is 5.17. The molecule has 3 heterocycles. The van der Waals surface area contributed by atoms with Gasteiger partial charge in [-0.2, -0.15) is 0 Å². The summed E-state index contributed by atoms with van der Waals surface area (Å²) in [7, 11) is 0. The first-order valence-electron chi connectivity index (χ1n) is 9.09. The minimum atomic E-state index is -1.46. The van der Waals surface area contributed by atoms with Gasteiger partial charge in [0.25, 0.3) is 0 Å². The number of furan rings is 1. The van der Waals surface area contributed by atoms with Gasteiger partial charge in [-0.15, -0.1) is 0 Å². The Labute approximate surface area is 164 Å². The molecule has 1 saturated heterocycles. The molecule has 1 fully saturated rings. The molecular weight excluding hydrogens is 382 g/mol. The second-order valence-electron chi connectivity index (χ2n) is 6.98. The third-order valence-electron chi connectivity index (χ3n) is 5.17. The maximum atomic E-state index is 12.5. The van der Waals surface area contributed by atoms with Crippen molar-refractivity contribution in [3.63, 3.8) is 0 Å². The molecule has 1 aliphatic rings. The highest BCUT2D eigenvalue weighted by molar-refractivity contribution is 5.87. The first-order valence-corrected chi connectivity index (χ1v) is 9.09. The van der Waals surface area contributed by atoms with Gasteiger partial charge in [0, 0.05) is 17.1 Å². The van der Waals surface area contributed by atoms with E-state index < -0.39 is 42.9 Å². The van der Waals surface area contributed by atoms with Gasteiger partial charge in [0.2, 0.25) is 0 Å². The lowest BCUT2D eigenvalue weighted by atomic mass is 9.96. The quantitative estimate of drug-likeness (QED) is 0.395. The fourth-order valence-corrected chi connectivity index (χ4v) is 3.60. The van der Waals surface area contributed by atoms with Crippen molar-refractivity contribution in [3.8, 4) is 11.3 Å². The highest BCUT2D eigenvalue weighted by atomic mass is 16.6. The fourth-order valence-electron chi connectivity index (χ4n) is 3.60. The standard InChI is InChI=1S/C20H21NO8/c1-9-11-5-4-10(21-16-18(24)17(23)14(8-22)29-20(16)26)7-13(11)28-19(25)15(9)12-3-2-6-27-12/h2-7,14,16-18,20-24,26H,8H2,1H3/t14?,16?,17-,18-,20-/m1/s1. The third kappa shape index (κ3) is 3.43. The van der Waals surface area contributed by atoms with Gasteiger partial charge in [-0.05, 0) is 36.8 Å². The van der Waals surface area contributed by atoms with E-state index in [4.69, 9.17) is 18.7 Å². The zero-order chi connectivity index (χ0) is 20.7. The largest absolute Gasteiger partial charge is 0.464 e. The fraction of sp³-hybridized carbons (Fsp3) is 0.350. The normalized spacial score (nSPS) is 27.3. The van der Waals surface area contributed by atoms with Crippen molar-refractivity contribution in [2.24, 2.45) is 0 Å². The van der Waals surface area contributed by atoms with Crippen LogP contribution in [0.2, 0.25) is 0 Å². The zero-order valence-corrected chi connectivity index (χ0v) is 15.5. The van der Waals surface area contributed by atoms with E-state index in [-0.39, 0.29) is 0 Å². The Hall–Kier alpha value is -2.69. The summed E-state index contributed by atoms with van der Waals surface area (Å²) in [6.45, 7) is 1.25. The van der Waals surface area contributed by atoms with Crippen molar-refractivity contribution >= 4 is 16.7 Å². The summed E-state index contributed by atoms with van der Waals surface area (Å²) in [4.78, 5) is 12.5. The lowest BCUT2D eigenvalue weighted by molar-refractivity contribution is -0.245. The monoisotopic (exact) mass is 403 g/mol. The summed E-state index contributed by atoms with van der Waals surface area (Å²) in [6, 6.07) is 7.28. The van der Waals surface area contributed by atoms with E-state index in [1.165, 1.54) is 6.26 Å². The van der Waals surface area contributed by atoms with Gasteiger partial charge in [-0.25, -0.2) is 4.79 Å². The minimum absolute atomic E-state index is 0.308. The first-order chi connectivity index (χ1) is 13.9. The summed E-state index contributed by atoms with van der Waals surface area (Å²) in [5, 5.41) is 43.1. The molecule has 4 rings (SSSR count). The van der Waals surface area contributed by atoms with Gasteiger partial charge < -0.3 is 39.3 Å². The molecule has 0 saturated carbocycles. The second-order valence-corrected chi connectivity index (χ2v) is 6.98. The van der Waals surface area contributed by atoms with Crippen LogP contribution in [0.3, 0.4) is 0 Å². The van der Waals surface area contributed by atoms with Crippen molar-refractivity contribution in [3.05, 3.63) is 52.6 Å². The topological polar surface area (TPSA) is 146 Å². The number of fused-ring (bicyclic) bond motifs is 1. The molecule has 2 unspecified atom stereocenters. The summed E-state index contributed by atoms with van der Waals surface area (Å²) in [5.74, 6) is 0.415. The van der Waals surface area contributed by atoms with Crippen LogP contribution in [0.5, 0.6) is 0 Å². The maximum Gasteiger partial charge on any atom is 0.347 e. The Kier molecular flexibility index (Phi) is 5.15. The summed E-state index contributed by atoms with van der Waals surface area (Å²) < 4.78 is 15.9. The summed E-state index contributed by atoms with van der Waals surface area (Å²) in [5.41, 5.74) is 1.23. The Bertz CT molecular complexity index is 1060. The second kappa shape index (κ2) is 7.62. The summed E-state index contributed by atoms with van der Waals surface area (Å²) >= 11 is 0. The van der Waals surface area contributed by atoms with E-state index in [1.54, 1.807) is 37.3 Å². The van der Waals surface area contributed by atoms with Crippen LogP contribution in [0.1, 0.15) is 5.56 Å². The van der Waals surface area contributed by atoms with Crippen LogP contribution in [-0.4, -0.2) is 57.7 Å². The number of ether oxygens (including phenoxy) is 1. The smallest absolute Gasteiger partial charge is 0.347 e. The lowest BCUT2D eigenvalue weighted by Crippen LogP contribution is -2.61. The number of hydrogen-bond acceptors (Lipinski definition) is 9. The highest BCUT2D eigenvalue weighted by Crippen LogP contribution is 2.30. The van der Waals surface area contributed by atoms with Crippen LogP contribution >= 0.6 is 0 Å².